The molecule has 0 heterocycles. The van der Waals surface area contributed by atoms with Crippen molar-refractivity contribution in [3.05, 3.63) is 0 Å². The van der Waals surface area contributed by atoms with Gasteiger partial charge in [-0.05, 0) is 26.7 Å². The first-order valence-electron chi connectivity index (χ1n) is 6.20. The van der Waals surface area contributed by atoms with Crippen molar-refractivity contribution >= 4 is 11.9 Å². The lowest BCUT2D eigenvalue weighted by Crippen LogP contribution is -2.31. The molecule has 0 saturated carbocycles. The fourth-order valence-electron chi connectivity index (χ4n) is 1.43. The zero-order chi connectivity index (χ0) is 13.5. The van der Waals surface area contributed by atoms with Crippen LogP contribution in [0, 0.1) is 5.92 Å². The van der Waals surface area contributed by atoms with E-state index in [4.69, 9.17) is 9.47 Å². The highest BCUT2D eigenvalue weighted by Crippen LogP contribution is 2.16. The first-order chi connectivity index (χ1) is 7.82. The predicted octanol–water partition coefficient (Wildman–Crippen LogP) is 2.70. The molecule has 0 spiro atoms. The highest BCUT2D eigenvalue weighted by molar-refractivity contribution is 5.77. The van der Waals surface area contributed by atoms with Gasteiger partial charge in [0.25, 0.3) is 0 Å². The maximum Gasteiger partial charge on any atom is 0.344 e. The number of esters is 2. The lowest BCUT2D eigenvalue weighted by Gasteiger charge is -2.24. The van der Waals surface area contributed by atoms with Crippen molar-refractivity contribution in [3.63, 3.8) is 0 Å². The van der Waals surface area contributed by atoms with Crippen LogP contribution in [0.5, 0.6) is 0 Å². The average Bonchev–Trinajstić information content (AvgIpc) is 2.23. The standard InChI is InChI=1S/C13H24O4/c1-6-8-13(4,5)17-11(14)9-16-12(15)10(3)7-2/h10H,6-9H2,1-5H3. The van der Waals surface area contributed by atoms with Gasteiger partial charge in [-0.2, -0.15) is 0 Å². The van der Waals surface area contributed by atoms with Gasteiger partial charge in [0.15, 0.2) is 6.61 Å². The van der Waals surface area contributed by atoms with Crippen LogP contribution in [0.15, 0.2) is 0 Å². The molecule has 0 rings (SSSR count). The van der Waals surface area contributed by atoms with E-state index in [0.29, 0.717) is 6.42 Å². The Morgan fingerprint density at radius 3 is 2.29 bits per heavy atom. The lowest BCUT2D eigenvalue weighted by atomic mass is 10.0. The first-order valence-corrected chi connectivity index (χ1v) is 6.20. The minimum Gasteiger partial charge on any atom is -0.457 e. The zero-order valence-corrected chi connectivity index (χ0v) is 11.5. The molecule has 0 saturated heterocycles. The number of carbonyl (C=O) groups is 2. The third-order valence-corrected chi connectivity index (χ3v) is 2.59. The summed E-state index contributed by atoms with van der Waals surface area (Å²) >= 11 is 0. The molecule has 0 bridgehead atoms. The second-order valence-corrected chi connectivity index (χ2v) is 4.90. The molecule has 0 aromatic rings. The topological polar surface area (TPSA) is 52.6 Å². The molecule has 4 nitrogen and oxygen atoms in total. The van der Waals surface area contributed by atoms with Crippen molar-refractivity contribution < 1.29 is 19.1 Å². The van der Waals surface area contributed by atoms with E-state index in [9.17, 15) is 9.59 Å². The van der Waals surface area contributed by atoms with Crippen molar-refractivity contribution in [2.45, 2.75) is 59.5 Å². The van der Waals surface area contributed by atoms with E-state index < -0.39 is 11.6 Å². The Labute approximate surface area is 104 Å². The van der Waals surface area contributed by atoms with Gasteiger partial charge in [-0.1, -0.05) is 27.2 Å². The van der Waals surface area contributed by atoms with Gasteiger partial charge in [0, 0.05) is 0 Å². The van der Waals surface area contributed by atoms with Crippen LogP contribution < -0.4 is 0 Å². The Kier molecular flexibility index (Phi) is 6.85. The Morgan fingerprint density at radius 1 is 1.24 bits per heavy atom. The van der Waals surface area contributed by atoms with Gasteiger partial charge in [0.05, 0.1) is 5.92 Å². The maximum absolute atomic E-state index is 11.4. The molecule has 4 heteroatoms. The number of carbonyl (C=O) groups excluding carboxylic acids is 2. The molecule has 0 amide bonds. The molecule has 1 atom stereocenters. The summed E-state index contributed by atoms with van der Waals surface area (Å²) in [5.41, 5.74) is -0.491. The summed E-state index contributed by atoms with van der Waals surface area (Å²) in [4.78, 5) is 22.8. The van der Waals surface area contributed by atoms with Gasteiger partial charge in [-0.25, -0.2) is 4.79 Å². The lowest BCUT2D eigenvalue weighted by molar-refractivity contribution is -0.169. The van der Waals surface area contributed by atoms with Gasteiger partial charge < -0.3 is 9.47 Å². The highest BCUT2D eigenvalue weighted by atomic mass is 16.6. The molecule has 0 fully saturated rings. The van der Waals surface area contributed by atoms with Gasteiger partial charge in [-0.3, -0.25) is 4.79 Å². The fraction of sp³-hybridized carbons (Fsp3) is 0.846. The van der Waals surface area contributed by atoms with Crippen LogP contribution in [0.4, 0.5) is 0 Å². The van der Waals surface area contributed by atoms with Crippen molar-refractivity contribution in [1.82, 2.24) is 0 Å². The molecule has 0 aromatic carbocycles. The normalized spacial score (nSPS) is 13.0. The summed E-state index contributed by atoms with van der Waals surface area (Å²) in [6.45, 7) is 9.11. The fourth-order valence-corrected chi connectivity index (χ4v) is 1.43. The van der Waals surface area contributed by atoms with Gasteiger partial charge in [0.1, 0.15) is 5.60 Å². The summed E-state index contributed by atoms with van der Waals surface area (Å²) in [6, 6.07) is 0. The Morgan fingerprint density at radius 2 is 1.82 bits per heavy atom. The van der Waals surface area contributed by atoms with E-state index in [1.807, 2.05) is 27.7 Å². The molecule has 17 heavy (non-hydrogen) atoms. The van der Waals surface area contributed by atoms with Crippen molar-refractivity contribution in [2.24, 2.45) is 5.92 Å². The van der Waals surface area contributed by atoms with E-state index in [1.165, 1.54) is 0 Å². The molecule has 0 aliphatic carbocycles. The van der Waals surface area contributed by atoms with E-state index >= 15 is 0 Å². The monoisotopic (exact) mass is 244 g/mol. The molecule has 100 valence electrons. The van der Waals surface area contributed by atoms with Crippen LogP contribution in [-0.2, 0) is 19.1 Å². The summed E-state index contributed by atoms with van der Waals surface area (Å²) in [7, 11) is 0. The molecule has 0 aliphatic heterocycles. The number of rotatable bonds is 7. The quantitative estimate of drug-likeness (QED) is 0.646. The van der Waals surface area contributed by atoms with Gasteiger partial charge in [-0.15, -0.1) is 0 Å². The van der Waals surface area contributed by atoms with Crippen LogP contribution in [0.1, 0.15) is 53.9 Å². The molecule has 1 unspecified atom stereocenters. The van der Waals surface area contributed by atoms with E-state index in [0.717, 1.165) is 12.8 Å². The van der Waals surface area contributed by atoms with Gasteiger partial charge >= 0.3 is 11.9 Å². The van der Waals surface area contributed by atoms with E-state index in [-0.39, 0.29) is 18.5 Å². The molecule has 0 radical (unpaired) electrons. The smallest absolute Gasteiger partial charge is 0.344 e. The Bertz CT molecular complexity index is 258. The SMILES string of the molecule is CCCC(C)(C)OC(=O)COC(=O)C(C)CC. The second-order valence-electron chi connectivity index (χ2n) is 4.90. The first kappa shape index (κ1) is 15.9. The highest BCUT2D eigenvalue weighted by Gasteiger charge is 2.23. The summed E-state index contributed by atoms with van der Waals surface area (Å²) in [5.74, 6) is -1.01. The zero-order valence-electron chi connectivity index (χ0n) is 11.5. The van der Waals surface area contributed by atoms with Crippen LogP contribution in [0.2, 0.25) is 0 Å². The predicted molar refractivity (Wildman–Crippen MR) is 65.5 cm³/mol. The molecule has 0 aliphatic rings. The van der Waals surface area contributed by atoms with Crippen molar-refractivity contribution in [1.29, 1.82) is 0 Å². The molecular formula is C13H24O4. The van der Waals surface area contributed by atoms with Crippen LogP contribution in [0.3, 0.4) is 0 Å². The largest absolute Gasteiger partial charge is 0.457 e. The minimum atomic E-state index is -0.491. The summed E-state index contributed by atoms with van der Waals surface area (Å²) < 4.78 is 10.1. The van der Waals surface area contributed by atoms with Gasteiger partial charge in [0.2, 0.25) is 0 Å². The minimum absolute atomic E-state index is 0.175. The van der Waals surface area contributed by atoms with Crippen molar-refractivity contribution in [3.8, 4) is 0 Å². The molecular weight excluding hydrogens is 220 g/mol. The summed E-state index contributed by atoms with van der Waals surface area (Å²) in [5, 5.41) is 0. The average molecular weight is 244 g/mol. The maximum atomic E-state index is 11.4. The van der Waals surface area contributed by atoms with E-state index in [2.05, 4.69) is 0 Å². The summed E-state index contributed by atoms with van der Waals surface area (Å²) in [6.07, 6.45) is 2.43. The van der Waals surface area contributed by atoms with E-state index in [1.54, 1.807) is 6.92 Å². The molecule has 0 aromatic heterocycles. The Balaban J connectivity index is 3.99. The molecule has 0 N–H and O–H groups in total. The number of hydrogen-bond donors (Lipinski definition) is 0. The Hall–Kier alpha value is -1.06. The van der Waals surface area contributed by atoms with Crippen LogP contribution in [0.25, 0.3) is 0 Å². The third-order valence-electron chi connectivity index (χ3n) is 2.59. The third kappa shape index (κ3) is 6.97. The number of ether oxygens (including phenoxy) is 2. The second kappa shape index (κ2) is 7.30. The van der Waals surface area contributed by atoms with Crippen molar-refractivity contribution in [2.75, 3.05) is 6.61 Å². The van der Waals surface area contributed by atoms with Crippen LogP contribution in [-0.4, -0.2) is 24.1 Å². The van der Waals surface area contributed by atoms with Crippen LogP contribution >= 0.6 is 0 Å². The number of hydrogen-bond acceptors (Lipinski definition) is 4.